The van der Waals surface area contributed by atoms with Gasteiger partial charge in [-0.15, -0.1) is 0 Å². The third kappa shape index (κ3) is 3.26. The topological polar surface area (TPSA) is 51.0 Å². The second-order valence-electron chi connectivity index (χ2n) is 6.96. The molecule has 0 bridgehead atoms. The van der Waals surface area contributed by atoms with E-state index in [-0.39, 0.29) is 24.0 Å². The summed E-state index contributed by atoms with van der Waals surface area (Å²) in [4.78, 5) is 18.6. The molecule has 0 fully saturated rings. The van der Waals surface area contributed by atoms with Crippen LogP contribution in [0.5, 0.6) is 0 Å². The number of benzene rings is 1. The molecule has 9 heteroatoms. The Bertz CT molecular complexity index is 1110. The number of anilines is 1. The largest absolute Gasteiger partial charge is 0.419 e. The van der Waals surface area contributed by atoms with Crippen molar-refractivity contribution in [2.45, 2.75) is 26.1 Å². The Morgan fingerprint density at radius 2 is 1.93 bits per heavy atom. The van der Waals surface area contributed by atoms with Gasteiger partial charge in [0.2, 0.25) is 0 Å². The van der Waals surface area contributed by atoms with Gasteiger partial charge in [-0.05, 0) is 49.7 Å². The molecule has 3 heterocycles. The van der Waals surface area contributed by atoms with E-state index in [1.807, 2.05) is 13.8 Å². The first-order valence-electron chi connectivity index (χ1n) is 8.86. The Hall–Kier alpha value is -3.23. The first-order chi connectivity index (χ1) is 13.7. The van der Waals surface area contributed by atoms with Crippen molar-refractivity contribution in [3.63, 3.8) is 0 Å². The predicted molar refractivity (Wildman–Crippen MR) is 98.0 cm³/mol. The minimum atomic E-state index is -4.86. The highest BCUT2D eigenvalue weighted by molar-refractivity contribution is 6.09. The maximum Gasteiger partial charge on any atom is 0.419 e. The summed E-state index contributed by atoms with van der Waals surface area (Å²) in [6, 6.07) is 5.84. The zero-order chi connectivity index (χ0) is 20.9. The van der Waals surface area contributed by atoms with Gasteiger partial charge in [0.15, 0.2) is 0 Å². The number of carbonyl (C=O) groups excluding carboxylic acids is 1. The minimum absolute atomic E-state index is 0.0140. The third-order valence-electron chi connectivity index (χ3n) is 4.88. The van der Waals surface area contributed by atoms with Gasteiger partial charge < -0.3 is 4.90 Å². The van der Waals surface area contributed by atoms with E-state index in [0.29, 0.717) is 11.6 Å². The molecule has 1 amide bonds. The fraction of sp³-hybridized carbons (Fsp3) is 0.250. The number of aromatic nitrogens is 3. The lowest BCUT2D eigenvalue weighted by molar-refractivity contribution is -0.139. The van der Waals surface area contributed by atoms with Crippen LogP contribution in [0.15, 0.2) is 42.7 Å². The average molecular weight is 404 g/mol. The molecule has 1 aromatic carbocycles. The van der Waals surface area contributed by atoms with E-state index >= 15 is 0 Å². The molecule has 0 N–H and O–H groups in total. The van der Waals surface area contributed by atoms with Gasteiger partial charge in [-0.3, -0.25) is 14.5 Å². The van der Waals surface area contributed by atoms with Crippen molar-refractivity contribution in [2.24, 2.45) is 0 Å². The SMILES string of the molecule is Cc1cc(-c2cnn3c2C(=O)N(c2ccc(F)c(C(F)(F)F)c2)CC3C)ccn1. The summed E-state index contributed by atoms with van der Waals surface area (Å²) in [5.74, 6) is -1.87. The van der Waals surface area contributed by atoms with Crippen LogP contribution >= 0.6 is 0 Å². The summed E-state index contributed by atoms with van der Waals surface area (Å²) in [6.07, 6.45) is -1.68. The van der Waals surface area contributed by atoms with Gasteiger partial charge in [0.05, 0.1) is 17.8 Å². The zero-order valence-electron chi connectivity index (χ0n) is 15.5. The number of hydrogen-bond acceptors (Lipinski definition) is 3. The van der Waals surface area contributed by atoms with Gasteiger partial charge in [-0.25, -0.2) is 4.39 Å². The maximum atomic E-state index is 13.7. The molecule has 3 aromatic rings. The van der Waals surface area contributed by atoms with Crippen molar-refractivity contribution in [2.75, 3.05) is 11.4 Å². The lowest BCUT2D eigenvalue weighted by Gasteiger charge is -2.32. The average Bonchev–Trinajstić information content (AvgIpc) is 3.10. The molecule has 150 valence electrons. The smallest absolute Gasteiger partial charge is 0.305 e. The van der Waals surface area contributed by atoms with Crippen molar-refractivity contribution >= 4 is 11.6 Å². The van der Waals surface area contributed by atoms with E-state index in [2.05, 4.69) is 10.1 Å². The number of carbonyl (C=O) groups is 1. The molecule has 1 unspecified atom stereocenters. The molecule has 1 aliphatic rings. The molecule has 0 aliphatic carbocycles. The molecular weight excluding hydrogens is 388 g/mol. The van der Waals surface area contributed by atoms with E-state index in [1.165, 1.54) is 11.0 Å². The first kappa shape index (κ1) is 19.1. The summed E-state index contributed by atoms with van der Waals surface area (Å²) in [6.45, 7) is 3.74. The first-order valence-corrected chi connectivity index (χ1v) is 8.86. The van der Waals surface area contributed by atoms with Crippen LogP contribution in [0.3, 0.4) is 0 Å². The minimum Gasteiger partial charge on any atom is -0.305 e. The molecular formula is C20H16F4N4O. The Balaban J connectivity index is 1.81. The predicted octanol–water partition coefficient (Wildman–Crippen LogP) is 4.63. The van der Waals surface area contributed by atoms with Gasteiger partial charge in [-0.1, -0.05) is 0 Å². The fourth-order valence-corrected chi connectivity index (χ4v) is 3.51. The van der Waals surface area contributed by atoms with E-state index in [0.717, 1.165) is 17.3 Å². The second-order valence-corrected chi connectivity index (χ2v) is 6.96. The summed E-state index contributed by atoms with van der Waals surface area (Å²) in [5.41, 5.74) is 0.905. The summed E-state index contributed by atoms with van der Waals surface area (Å²) >= 11 is 0. The van der Waals surface area contributed by atoms with E-state index in [9.17, 15) is 22.4 Å². The Labute approximate surface area is 163 Å². The Morgan fingerprint density at radius 1 is 1.17 bits per heavy atom. The van der Waals surface area contributed by atoms with Crippen LogP contribution in [0.1, 0.15) is 34.7 Å². The van der Waals surface area contributed by atoms with Gasteiger partial charge >= 0.3 is 6.18 Å². The Morgan fingerprint density at radius 3 is 2.62 bits per heavy atom. The number of pyridine rings is 1. The van der Waals surface area contributed by atoms with Crippen molar-refractivity contribution in [3.8, 4) is 11.1 Å². The number of nitrogens with zero attached hydrogens (tertiary/aromatic N) is 4. The summed E-state index contributed by atoms with van der Waals surface area (Å²) in [7, 11) is 0. The van der Waals surface area contributed by atoms with Crippen molar-refractivity contribution in [3.05, 3.63) is 65.5 Å². The number of halogens is 4. The molecule has 29 heavy (non-hydrogen) atoms. The summed E-state index contributed by atoms with van der Waals surface area (Å²) < 4.78 is 54.6. The molecule has 0 saturated carbocycles. The lowest BCUT2D eigenvalue weighted by atomic mass is 10.0. The Kier molecular flexibility index (Phi) is 4.40. The monoisotopic (exact) mass is 404 g/mol. The number of amides is 1. The number of rotatable bonds is 2. The maximum absolute atomic E-state index is 13.7. The highest BCUT2D eigenvalue weighted by atomic mass is 19.4. The quantitative estimate of drug-likeness (QED) is 0.585. The summed E-state index contributed by atoms with van der Waals surface area (Å²) in [5, 5.41) is 4.30. The molecule has 0 saturated heterocycles. The molecule has 5 nitrogen and oxygen atoms in total. The van der Waals surface area contributed by atoms with E-state index < -0.39 is 23.5 Å². The van der Waals surface area contributed by atoms with Crippen LogP contribution in [0.2, 0.25) is 0 Å². The van der Waals surface area contributed by atoms with Gasteiger partial charge in [0.25, 0.3) is 5.91 Å². The normalized spacial score (nSPS) is 16.8. The van der Waals surface area contributed by atoms with Crippen LogP contribution in [0, 0.1) is 12.7 Å². The highest BCUT2D eigenvalue weighted by Gasteiger charge is 2.37. The lowest BCUT2D eigenvalue weighted by Crippen LogP contribution is -2.43. The van der Waals surface area contributed by atoms with Crippen molar-refractivity contribution in [1.82, 2.24) is 14.8 Å². The van der Waals surface area contributed by atoms with Crippen molar-refractivity contribution < 1.29 is 22.4 Å². The standard InChI is InChI=1S/C20H16F4N4O/c1-11-7-13(5-6-25-11)15-9-26-28-12(2)10-27(19(29)18(15)28)14-3-4-17(21)16(8-14)20(22,23)24/h3-9,12H,10H2,1-2H3. The molecule has 0 radical (unpaired) electrons. The molecule has 1 atom stereocenters. The number of alkyl halides is 3. The molecule has 1 aliphatic heterocycles. The second kappa shape index (κ2) is 6.68. The van der Waals surface area contributed by atoms with Gasteiger partial charge in [0.1, 0.15) is 11.5 Å². The number of hydrogen-bond donors (Lipinski definition) is 0. The van der Waals surface area contributed by atoms with Crippen molar-refractivity contribution in [1.29, 1.82) is 0 Å². The molecule has 0 spiro atoms. The molecule has 4 rings (SSSR count). The van der Waals surface area contributed by atoms with E-state index in [4.69, 9.17) is 0 Å². The van der Waals surface area contributed by atoms with Crippen LogP contribution in [0.4, 0.5) is 23.2 Å². The van der Waals surface area contributed by atoms with Gasteiger partial charge in [-0.2, -0.15) is 18.3 Å². The van der Waals surface area contributed by atoms with Crippen LogP contribution in [0.25, 0.3) is 11.1 Å². The van der Waals surface area contributed by atoms with Crippen LogP contribution < -0.4 is 4.90 Å². The zero-order valence-corrected chi connectivity index (χ0v) is 15.5. The van der Waals surface area contributed by atoms with Crippen LogP contribution in [-0.4, -0.2) is 27.2 Å². The number of fused-ring (bicyclic) bond motifs is 1. The molecule has 2 aromatic heterocycles. The van der Waals surface area contributed by atoms with E-state index in [1.54, 1.807) is 29.2 Å². The number of aryl methyl sites for hydroxylation is 1. The van der Waals surface area contributed by atoms with Crippen LogP contribution in [-0.2, 0) is 6.18 Å². The third-order valence-corrected chi connectivity index (χ3v) is 4.88. The fourth-order valence-electron chi connectivity index (χ4n) is 3.51. The highest BCUT2D eigenvalue weighted by Crippen LogP contribution is 2.37. The van der Waals surface area contributed by atoms with Gasteiger partial charge in [0, 0.05) is 29.7 Å².